The molecule has 0 aliphatic heterocycles. The summed E-state index contributed by atoms with van der Waals surface area (Å²) in [5.41, 5.74) is -0.856. The van der Waals surface area contributed by atoms with Crippen LogP contribution in [0.3, 0.4) is 0 Å². The zero-order valence-corrected chi connectivity index (χ0v) is 8.83. The first-order valence-electron chi connectivity index (χ1n) is 4.71. The molecular weight excluding hydrogens is 226 g/mol. The van der Waals surface area contributed by atoms with Gasteiger partial charge in [0, 0.05) is 11.8 Å². The summed E-state index contributed by atoms with van der Waals surface area (Å²) in [6.45, 7) is 1.75. The van der Waals surface area contributed by atoms with Crippen LogP contribution >= 0.6 is 0 Å². The number of nitrogens with zero attached hydrogens (tertiary/aromatic N) is 1. The number of rotatable bonds is 2. The summed E-state index contributed by atoms with van der Waals surface area (Å²) in [6.07, 6.45) is 2.59. The van der Waals surface area contributed by atoms with Gasteiger partial charge in [-0.1, -0.05) is 0 Å². The molecule has 0 unspecified atom stereocenters. The van der Waals surface area contributed by atoms with Crippen LogP contribution < -0.4 is 16.6 Å². The Balaban J connectivity index is 2.30. The van der Waals surface area contributed by atoms with E-state index in [9.17, 15) is 14.4 Å². The van der Waals surface area contributed by atoms with Gasteiger partial charge in [0.25, 0.3) is 11.5 Å². The molecule has 2 heterocycles. The number of hydrogen-bond donors (Lipinski definition) is 4. The Hall–Kier alpha value is -2.64. The lowest BCUT2D eigenvalue weighted by atomic mass is 10.3. The quantitative estimate of drug-likeness (QED) is 0.552. The third-order valence-electron chi connectivity index (χ3n) is 2.13. The lowest BCUT2D eigenvalue weighted by Crippen LogP contribution is -2.29. The fraction of sp³-hybridized carbons (Fsp3) is 0.111. The first kappa shape index (κ1) is 10.9. The molecule has 0 bridgehead atoms. The molecule has 0 atom stereocenters. The van der Waals surface area contributed by atoms with Gasteiger partial charge in [-0.05, 0) is 6.92 Å². The van der Waals surface area contributed by atoms with Gasteiger partial charge in [0.2, 0.25) is 0 Å². The predicted octanol–water partition coefficient (Wildman–Crippen LogP) is -0.653. The van der Waals surface area contributed by atoms with Gasteiger partial charge >= 0.3 is 5.69 Å². The molecule has 8 heteroatoms. The molecule has 0 aromatic carbocycles. The molecular formula is C9H9N5O3. The van der Waals surface area contributed by atoms with E-state index in [1.54, 1.807) is 6.92 Å². The highest BCUT2D eigenvalue weighted by molar-refractivity contribution is 6.03. The van der Waals surface area contributed by atoms with Crippen molar-refractivity contribution in [2.75, 3.05) is 5.32 Å². The van der Waals surface area contributed by atoms with Crippen LogP contribution in [0.25, 0.3) is 0 Å². The van der Waals surface area contributed by atoms with Crippen LogP contribution in [0.5, 0.6) is 0 Å². The molecule has 2 rings (SSSR count). The van der Waals surface area contributed by atoms with Crippen LogP contribution in [0, 0.1) is 6.92 Å². The van der Waals surface area contributed by atoms with Crippen LogP contribution in [0.2, 0.25) is 0 Å². The Morgan fingerprint density at radius 1 is 1.41 bits per heavy atom. The SMILES string of the molecule is Cc1cn[nH]c1NC(=O)c1c[nH]c(=O)[nH]c1=O. The van der Waals surface area contributed by atoms with E-state index < -0.39 is 17.2 Å². The minimum Gasteiger partial charge on any atom is -0.313 e. The summed E-state index contributed by atoms with van der Waals surface area (Å²) < 4.78 is 0. The Bertz CT molecular complexity index is 666. The van der Waals surface area contributed by atoms with Crippen molar-refractivity contribution >= 4 is 11.7 Å². The van der Waals surface area contributed by atoms with Crippen molar-refractivity contribution in [1.82, 2.24) is 20.2 Å². The molecule has 1 amide bonds. The minimum atomic E-state index is -0.747. The molecule has 0 radical (unpaired) electrons. The zero-order valence-electron chi connectivity index (χ0n) is 8.83. The normalized spacial score (nSPS) is 10.2. The summed E-state index contributed by atoms with van der Waals surface area (Å²) in [4.78, 5) is 38.0. The number of nitrogens with one attached hydrogen (secondary N) is 4. The van der Waals surface area contributed by atoms with Gasteiger partial charge in [-0.25, -0.2) is 4.79 Å². The van der Waals surface area contributed by atoms with Gasteiger partial charge in [-0.3, -0.25) is 19.7 Å². The van der Waals surface area contributed by atoms with E-state index in [2.05, 4.69) is 20.5 Å². The molecule has 0 aliphatic carbocycles. The number of hydrogen-bond acceptors (Lipinski definition) is 4. The van der Waals surface area contributed by atoms with E-state index in [4.69, 9.17) is 0 Å². The van der Waals surface area contributed by atoms with Crippen molar-refractivity contribution < 1.29 is 4.79 Å². The molecule has 0 spiro atoms. The second-order valence-corrected chi connectivity index (χ2v) is 3.37. The highest BCUT2D eigenvalue weighted by Gasteiger charge is 2.12. The molecule has 0 fully saturated rings. The Morgan fingerprint density at radius 2 is 2.18 bits per heavy atom. The van der Waals surface area contributed by atoms with Crippen molar-refractivity contribution in [2.45, 2.75) is 6.92 Å². The number of amides is 1. The number of aryl methyl sites for hydroxylation is 1. The predicted molar refractivity (Wildman–Crippen MR) is 59.0 cm³/mol. The number of carbonyl (C=O) groups excluding carboxylic acids is 1. The van der Waals surface area contributed by atoms with Gasteiger partial charge in [-0.2, -0.15) is 5.10 Å². The van der Waals surface area contributed by atoms with Gasteiger partial charge < -0.3 is 10.3 Å². The van der Waals surface area contributed by atoms with Crippen LogP contribution in [-0.2, 0) is 0 Å². The van der Waals surface area contributed by atoms with E-state index >= 15 is 0 Å². The Labute approximate surface area is 94.1 Å². The lowest BCUT2D eigenvalue weighted by Gasteiger charge is -2.02. The topological polar surface area (TPSA) is 123 Å². The molecule has 0 saturated carbocycles. The summed E-state index contributed by atoms with van der Waals surface area (Å²) in [7, 11) is 0. The van der Waals surface area contributed by atoms with E-state index in [-0.39, 0.29) is 5.56 Å². The molecule has 4 N–H and O–H groups in total. The maximum absolute atomic E-state index is 11.7. The third-order valence-corrected chi connectivity index (χ3v) is 2.13. The van der Waals surface area contributed by atoms with Crippen LogP contribution in [0.1, 0.15) is 15.9 Å². The molecule has 2 aromatic rings. The molecule has 0 saturated heterocycles. The van der Waals surface area contributed by atoms with E-state index in [1.807, 2.05) is 4.98 Å². The van der Waals surface area contributed by atoms with Gasteiger partial charge in [0.1, 0.15) is 11.4 Å². The van der Waals surface area contributed by atoms with Crippen molar-refractivity contribution in [2.24, 2.45) is 0 Å². The van der Waals surface area contributed by atoms with Crippen LogP contribution in [0.4, 0.5) is 5.82 Å². The average molecular weight is 235 g/mol. The van der Waals surface area contributed by atoms with Crippen LogP contribution in [-0.4, -0.2) is 26.1 Å². The highest BCUT2D eigenvalue weighted by Crippen LogP contribution is 2.08. The van der Waals surface area contributed by atoms with Gasteiger partial charge in [0.05, 0.1) is 6.20 Å². The summed E-state index contributed by atoms with van der Waals surface area (Å²) in [6, 6.07) is 0. The number of H-pyrrole nitrogens is 3. The standard InChI is InChI=1S/C9H9N5O3/c1-4-2-11-14-6(4)12-7(15)5-3-10-9(17)13-8(5)16/h2-3H,1H3,(H2,10,13,16,17)(H2,11,12,14,15). The Kier molecular flexibility index (Phi) is 2.61. The second-order valence-electron chi connectivity index (χ2n) is 3.37. The molecule has 0 aliphatic rings. The zero-order chi connectivity index (χ0) is 12.4. The molecule has 2 aromatic heterocycles. The fourth-order valence-corrected chi connectivity index (χ4v) is 1.23. The fourth-order valence-electron chi connectivity index (χ4n) is 1.23. The minimum absolute atomic E-state index is 0.182. The van der Waals surface area contributed by atoms with E-state index in [0.717, 1.165) is 11.8 Å². The molecule has 17 heavy (non-hydrogen) atoms. The largest absolute Gasteiger partial charge is 0.325 e. The average Bonchev–Trinajstić information content (AvgIpc) is 2.64. The second kappa shape index (κ2) is 4.08. The number of carbonyl (C=O) groups is 1. The highest BCUT2D eigenvalue weighted by atomic mass is 16.2. The summed E-state index contributed by atoms with van der Waals surface area (Å²) >= 11 is 0. The maximum atomic E-state index is 11.7. The van der Waals surface area contributed by atoms with Crippen LogP contribution in [0.15, 0.2) is 22.0 Å². The Morgan fingerprint density at radius 3 is 2.76 bits per heavy atom. The van der Waals surface area contributed by atoms with E-state index in [0.29, 0.717) is 5.82 Å². The monoisotopic (exact) mass is 235 g/mol. The summed E-state index contributed by atoms with van der Waals surface area (Å²) in [5, 5.41) is 8.76. The number of anilines is 1. The lowest BCUT2D eigenvalue weighted by molar-refractivity contribution is 0.102. The van der Waals surface area contributed by atoms with Gasteiger partial charge in [0.15, 0.2) is 0 Å². The maximum Gasteiger partial charge on any atom is 0.325 e. The van der Waals surface area contributed by atoms with Crippen molar-refractivity contribution in [1.29, 1.82) is 0 Å². The van der Waals surface area contributed by atoms with Crippen molar-refractivity contribution in [3.63, 3.8) is 0 Å². The number of aromatic nitrogens is 4. The molecule has 88 valence electrons. The number of aromatic amines is 3. The molecule has 8 nitrogen and oxygen atoms in total. The smallest absolute Gasteiger partial charge is 0.313 e. The van der Waals surface area contributed by atoms with E-state index in [1.165, 1.54) is 6.20 Å². The first-order valence-corrected chi connectivity index (χ1v) is 4.71. The summed E-state index contributed by atoms with van der Waals surface area (Å²) in [5.74, 6) is -0.226. The van der Waals surface area contributed by atoms with Crippen molar-refractivity contribution in [3.05, 3.63) is 44.4 Å². The third kappa shape index (κ3) is 2.14. The van der Waals surface area contributed by atoms with Gasteiger partial charge in [-0.15, -0.1) is 0 Å². The van der Waals surface area contributed by atoms with Crippen molar-refractivity contribution in [3.8, 4) is 0 Å². The first-order chi connectivity index (χ1) is 8.08.